The first-order valence-corrected chi connectivity index (χ1v) is 10.3. The largest absolute Gasteiger partial charge is 0.401 e. The third-order valence-corrected chi connectivity index (χ3v) is 4.83. The number of H-pyrrole nitrogens is 1. The van der Waals surface area contributed by atoms with Gasteiger partial charge in [0.2, 0.25) is 0 Å². The molecule has 33 heavy (non-hydrogen) atoms. The molecular weight excluding hydrogens is 420 g/mol. The van der Waals surface area contributed by atoms with E-state index in [9.17, 15) is 14.4 Å². The van der Waals surface area contributed by atoms with Crippen molar-refractivity contribution in [2.45, 2.75) is 13.2 Å². The predicted octanol–water partition coefficient (Wildman–Crippen LogP) is 2.84. The fourth-order valence-corrected chi connectivity index (χ4v) is 3.19. The second-order valence-corrected chi connectivity index (χ2v) is 7.20. The highest BCUT2D eigenvalue weighted by atomic mass is 16.7. The van der Waals surface area contributed by atoms with Gasteiger partial charge in [0.1, 0.15) is 18.0 Å². The van der Waals surface area contributed by atoms with E-state index >= 15 is 0 Å². The van der Waals surface area contributed by atoms with Crippen molar-refractivity contribution in [3.8, 4) is 0 Å². The summed E-state index contributed by atoms with van der Waals surface area (Å²) in [6.45, 7) is 0.203. The molecule has 0 spiro atoms. The molecule has 1 heterocycles. The molecule has 8 nitrogen and oxygen atoms in total. The van der Waals surface area contributed by atoms with E-state index in [0.29, 0.717) is 10.4 Å². The number of hydrogen-bond donors (Lipinski definition) is 3. The summed E-state index contributed by atoms with van der Waals surface area (Å²) in [5.41, 5.74) is 0.321. The molecule has 0 aliphatic heterocycles. The first-order valence-electron chi connectivity index (χ1n) is 10.3. The molecule has 0 unspecified atom stereocenters. The van der Waals surface area contributed by atoms with Crippen LogP contribution in [0.2, 0.25) is 0 Å². The Morgan fingerprint density at radius 3 is 2.03 bits per heavy atom. The van der Waals surface area contributed by atoms with Gasteiger partial charge >= 0.3 is 11.2 Å². The molecule has 4 aromatic rings. The number of nitrogens with zero attached hydrogens (tertiary/aromatic N) is 1. The van der Waals surface area contributed by atoms with Crippen molar-refractivity contribution in [2.24, 2.45) is 0 Å². The average Bonchev–Trinajstić information content (AvgIpc) is 2.84. The Morgan fingerprint density at radius 1 is 0.818 bits per heavy atom. The molecule has 0 fully saturated rings. The normalized spacial score (nSPS) is 10.4. The van der Waals surface area contributed by atoms with Crippen LogP contribution in [-0.2, 0) is 13.2 Å². The van der Waals surface area contributed by atoms with Crippen LogP contribution < -0.4 is 26.7 Å². The summed E-state index contributed by atoms with van der Waals surface area (Å²) in [5.74, 6) is -0.656. The first kappa shape index (κ1) is 21.6. The van der Waals surface area contributed by atoms with Crippen molar-refractivity contribution in [1.82, 2.24) is 15.0 Å². The molecule has 0 radical (unpaired) electrons. The van der Waals surface area contributed by atoms with E-state index in [4.69, 9.17) is 4.84 Å². The zero-order valence-electron chi connectivity index (χ0n) is 17.7. The highest BCUT2D eigenvalue weighted by Crippen LogP contribution is 2.15. The molecule has 1 amide bonds. The molecule has 4 rings (SSSR count). The van der Waals surface area contributed by atoms with Gasteiger partial charge in [-0.3, -0.25) is 14.6 Å². The Kier molecular flexibility index (Phi) is 6.65. The number of amides is 1. The lowest BCUT2D eigenvalue weighted by Gasteiger charge is -2.14. The van der Waals surface area contributed by atoms with Crippen molar-refractivity contribution in [3.63, 3.8) is 0 Å². The number of carbonyl (C=O) groups is 1. The number of aromatic nitrogens is 2. The van der Waals surface area contributed by atoms with Gasteiger partial charge in [-0.25, -0.2) is 4.79 Å². The number of aromatic amines is 1. The maximum absolute atomic E-state index is 13.2. The van der Waals surface area contributed by atoms with E-state index < -0.39 is 17.2 Å². The molecular formula is C25H22N4O4. The number of benzene rings is 3. The highest BCUT2D eigenvalue weighted by Gasteiger charge is 2.22. The van der Waals surface area contributed by atoms with Crippen molar-refractivity contribution < 1.29 is 9.63 Å². The Hall–Kier alpha value is -4.59. The van der Waals surface area contributed by atoms with Gasteiger partial charge in [-0.2, -0.15) is 0 Å². The summed E-state index contributed by atoms with van der Waals surface area (Å²) >= 11 is 0. The third-order valence-electron chi connectivity index (χ3n) is 4.83. The zero-order valence-corrected chi connectivity index (χ0v) is 17.7. The molecule has 0 aliphatic rings. The molecule has 3 N–H and O–H groups in total. The summed E-state index contributed by atoms with van der Waals surface area (Å²) in [5, 5.41) is 5.68. The van der Waals surface area contributed by atoms with Gasteiger partial charge in [0.25, 0.3) is 5.91 Å². The molecule has 0 bridgehead atoms. The number of hydrogen-bond acceptors (Lipinski definition) is 5. The maximum Gasteiger partial charge on any atom is 0.363 e. The van der Waals surface area contributed by atoms with Gasteiger partial charge in [0, 0.05) is 12.2 Å². The molecule has 0 saturated carbocycles. The monoisotopic (exact) mass is 442 g/mol. The second kappa shape index (κ2) is 10.1. The van der Waals surface area contributed by atoms with Gasteiger partial charge in [0.15, 0.2) is 0 Å². The third kappa shape index (κ3) is 5.37. The summed E-state index contributed by atoms with van der Waals surface area (Å²) < 4.78 is 0.570. The van der Waals surface area contributed by atoms with E-state index in [-0.39, 0.29) is 24.5 Å². The van der Waals surface area contributed by atoms with Crippen molar-refractivity contribution in [3.05, 3.63) is 129 Å². The summed E-state index contributed by atoms with van der Waals surface area (Å²) in [7, 11) is 0. The second-order valence-electron chi connectivity index (χ2n) is 7.20. The minimum Gasteiger partial charge on any atom is -0.401 e. The van der Waals surface area contributed by atoms with Crippen LogP contribution in [0.4, 0.5) is 11.5 Å². The van der Waals surface area contributed by atoms with E-state index in [0.717, 1.165) is 11.1 Å². The summed E-state index contributed by atoms with van der Waals surface area (Å²) in [6.07, 6.45) is 0. The fourth-order valence-electron chi connectivity index (χ4n) is 3.19. The Morgan fingerprint density at radius 2 is 1.39 bits per heavy atom. The predicted molar refractivity (Wildman–Crippen MR) is 125 cm³/mol. The van der Waals surface area contributed by atoms with Crippen molar-refractivity contribution >= 4 is 17.4 Å². The molecule has 1 aromatic heterocycles. The molecule has 8 heteroatoms. The average molecular weight is 442 g/mol. The van der Waals surface area contributed by atoms with Gasteiger partial charge in [-0.05, 0) is 23.3 Å². The van der Waals surface area contributed by atoms with Crippen LogP contribution in [0.25, 0.3) is 0 Å². The molecule has 0 aliphatic carbocycles. The highest BCUT2D eigenvalue weighted by molar-refractivity contribution is 5.98. The Labute approximate surface area is 189 Å². The number of para-hydroxylation sites is 1. The molecule has 0 atom stereocenters. The number of nitrogens with one attached hydrogen (secondary N) is 3. The minimum atomic E-state index is -0.862. The van der Waals surface area contributed by atoms with E-state index in [1.165, 1.54) is 0 Å². The summed E-state index contributed by atoms with van der Waals surface area (Å²) in [4.78, 5) is 46.9. The van der Waals surface area contributed by atoms with E-state index in [1.54, 1.807) is 36.4 Å². The first-order chi connectivity index (χ1) is 16.1. The van der Waals surface area contributed by atoms with Gasteiger partial charge in [0.05, 0.1) is 0 Å². The van der Waals surface area contributed by atoms with Crippen LogP contribution in [-0.4, -0.2) is 15.6 Å². The number of rotatable bonds is 8. The minimum absolute atomic E-state index is 0.0127. The van der Waals surface area contributed by atoms with Crippen LogP contribution >= 0.6 is 0 Å². The topological polar surface area (TPSA) is 105 Å². The summed E-state index contributed by atoms with van der Waals surface area (Å²) in [6, 6.07) is 27.3. The molecule has 166 valence electrons. The fraction of sp³-hybridized carbons (Fsp3) is 0.0800. The van der Waals surface area contributed by atoms with Crippen LogP contribution in [0, 0.1) is 0 Å². The van der Waals surface area contributed by atoms with E-state index in [1.807, 2.05) is 54.6 Å². The molecule has 0 saturated heterocycles. The maximum atomic E-state index is 13.2. The number of anilines is 2. The Balaban J connectivity index is 1.67. The lowest BCUT2D eigenvalue weighted by molar-refractivity contribution is 0.0764. The van der Waals surface area contributed by atoms with Gasteiger partial charge < -0.3 is 15.5 Å². The lowest BCUT2D eigenvalue weighted by atomic mass is 10.2. The smallest absolute Gasteiger partial charge is 0.363 e. The van der Waals surface area contributed by atoms with Crippen molar-refractivity contribution in [2.75, 3.05) is 5.32 Å². The Bertz CT molecular complexity index is 1330. The van der Waals surface area contributed by atoms with Crippen molar-refractivity contribution in [1.29, 1.82) is 0 Å². The van der Waals surface area contributed by atoms with Crippen LogP contribution in [0.15, 0.2) is 101 Å². The van der Waals surface area contributed by atoms with Crippen LogP contribution in [0.1, 0.15) is 21.5 Å². The van der Waals surface area contributed by atoms with Gasteiger partial charge in [-0.1, -0.05) is 83.6 Å². The van der Waals surface area contributed by atoms with Crippen LogP contribution in [0.5, 0.6) is 0 Å². The SMILES string of the molecule is O=C(NCc1ccccc1)c1c(Nc2ccccc2)[nH]c(=O)n(OCc2ccccc2)c1=O. The van der Waals surface area contributed by atoms with Crippen LogP contribution in [0.3, 0.4) is 0 Å². The number of carbonyl (C=O) groups excluding carboxylic acids is 1. The van der Waals surface area contributed by atoms with Gasteiger partial charge in [-0.15, -0.1) is 0 Å². The lowest BCUT2D eigenvalue weighted by Crippen LogP contribution is -2.44. The quantitative estimate of drug-likeness (QED) is 0.389. The molecule has 3 aromatic carbocycles. The zero-order chi connectivity index (χ0) is 23.0. The van der Waals surface area contributed by atoms with E-state index in [2.05, 4.69) is 15.6 Å². The standard InChI is InChI=1S/C25H22N4O4/c30-23(26-16-18-10-4-1-5-11-18)21-22(27-20-14-8-3-9-15-20)28-25(32)29(24(21)31)33-17-19-12-6-2-7-13-19/h1-15,27H,16-17H2,(H,26,30)(H,28,32).